The van der Waals surface area contributed by atoms with E-state index in [1.165, 1.54) is 0 Å². The maximum atomic E-state index is 11.7. The van der Waals surface area contributed by atoms with Crippen LogP contribution in [0.2, 0.25) is 0 Å². The molecule has 2 aromatic rings. The van der Waals surface area contributed by atoms with E-state index >= 15 is 0 Å². The van der Waals surface area contributed by atoms with Gasteiger partial charge in [0.15, 0.2) is 17.3 Å². The van der Waals surface area contributed by atoms with Crippen LogP contribution in [0, 0.1) is 0 Å². The van der Waals surface area contributed by atoms with Crippen molar-refractivity contribution < 1.29 is 14.3 Å². The number of carbonyl (C=O) groups excluding carboxylic acids is 1. The quantitative estimate of drug-likeness (QED) is 0.809. The molecule has 0 aromatic heterocycles. The van der Waals surface area contributed by atoms with Crippen molar-refractivity contribution in [2.75, 3.05) is 14.2 Å². The number of hydrogen-bond donors (Lipinski definition) is 0. The first kappa shape index (κ1) is 12.9. The average molecular weight is 309 g/mol. The summed E-state index contributed by atoms with van der Waals surface area (Å²) >= 11 is 3.41. The molecule has 0 saturated carbocycles. The largest absolute Gasteiger partial charge is 0.493 e. The van der Waals surface area contributed by atoms with Crippen molar-refractivity contribution in [3.8, 4) is 11.5 Å². The second-order valence-corrected chi connectivity index (χ2v) is 4.76. The van der Waals surface area contributed by atoms with Crippen molar-refractivity contribution >= 4 is 32.5 Å². The van der Waals surface area contributed by atoms with Crippen molar-refractivity contribution in [1.82, 2.24) is 0 Å². The molecule has 0 radical (unpaired) electrons. The van der Waals surface area contributed by atoms with E-state index in [1.807, 2.05) is 24.3 Å². The molecule has 0 fully saturated rings. The molecule has 0 N–H and O–H groups in total. The Balaban J connectivity index is 2.84. The number of halogens is 1. The lowest BCUT2D eigenvalue weighted by atomic mass is 10.0. The van der Waals surface area contributed by atoms with Crippen molar-refractivity contribution in [3.05, 3.63) is 34.3 Å². The van der Waals surface area contributed by atoms with Gasteiger partial charge in [0.25, 0.3) is 0 Å². The van der Waals surface area contributed by atoms with Crippen molar-refractivity contribution in [2.24, 2.45) is 0 Å². The second kappa shape index (κ2) is 4.98. The number of ether oxygens (including phenoxy) is 2. The van der Waals surface area contributed by atoms with E-state index in [9.17, 15) is 4.79 Å². The zero-order valence-electron chi connectivity index (χ0n) is 10.4. The molecule has 2 rings (SSSR count). The van der Waals surface area contributed by atoms with E-state index in [1.54, 1.807) is 21.1 Å². The number of carbonyl (C=O) groups is 1. The summed E-state index contributed by atoms with van der Waals surface area (Å²) in [6.45, 7) is 1.55. The van der Waals surface area contributed by atoms with Crippen LogP contribution in [0.3, 0.4) is 0 Å². The molecule has 4 heteroatoms. The van der Waals surface area contributed by atoms with Crippen LogP contribution >= 0.6 is 15.9 Å². The summed E-state index contributed by atoms with van der Waals surface area (Å²) in [6.07, 6.45) is 0. The van der Waals surface area contributed by atoms with E-state index in [0.29, 0.717) is 17.1 Å². The summed E-state index contributed by atoms with van der Waals surface area (Å²) in [6, 6.07) is 7.50. The van der Waals surface area contributed by atoms with E-state index in [2.05, 4.69) is 15.9 Å². The molecular formula is C14H13BrO3. The Hall–Kier alpha value is -1.55. The molecule has 0 spiro atoms. The molecular weight excluding hydrogens is 296 g/mol. The highest BCUT2D eigenvalue weighted by Crippen LogP contribution is 2.36. The summed E-state index contributed by atoms with van der Waals surface area (Å²) in [4.78, 5) is 11.7. The van der Waals surface area contributed by atoms with Gasteiger partial charge in [-0.3, -0.25) is 4.79 Å². The molecule has 18 heavy (non-hydrogen) atoms. The Morgan fingerprint density at radius 3 is 2.28 bits per heavy atom. The normalized spacial score (nSPS) is 10.4. The maximum Gasteiger partial charge on any atom is 0.161 e. The molecule has 0 aliphatic heterocycles. The Kier molecular flexibility index (Phi) is 3.57. The number of hydrogen-bond acceptors (Lipinski definition) is 3. The van der Waals surface area contributed by atoms with Crippen molar-refractivity contribution in [2.45, 2.75) is 6.92 Å². The lowest BCUT2D eigenvalue weighted by Gasteiger charge is -2.12. The predicted molar refractivity (Wildman–Crippen MR) is 74.8 cm³/mol. The van der Waals surface area contributed by atoms with Gasteiger partial charge in [-0.05, 0) is 35.9 Å². The summed E-state index contributed by atoms with van der Waals surface area (Å²) in [5, 5.41) is 1.80. The zero-order valence-corrected chi connectivity index (χ0v) is 12.0. The van der Waals surface area contributed by atoms with Crippen LogP contribution in [-0.4, -0.2) is 20.0 Å². The molecule has 0 unspecified atom stereocenters. The van der Waals surface area contributed by atoms with Gasteiger partial charge in [-0.1, -0.05) is 22.0 Å². The number of methoxy groups -OCH3 is 2. The van der Waals surface area contributed by atoms with Gasteiger partial charge in [-0.15, -0.1) is 0 Å². The van der Waals surface area contributed by atoms with Crippen molar-refractivity contribution in [1.29, 1.82) is 0 Å². The predicted octanol–water partition coefficient (Wildman–Crippen LogP) is 3.82. The first-order valence-electron chi connectivity index (χ1n) is 5.43. The molecule has 0 aliphatic rings. The highest BCUT2D eigenvalue weighted by atomic mass is 79.9. The molecule has 3 nitrogen and oxygen atoms in total. The van der Waals surface area contributed by atoms with Crippen LogP contribution in [0.4, 0.5) is 0 Å². The first-order chi connectivity index (χ1) is 8.58. The third-order valence-corrected chi connectivity index (χ3v) is 3.49. The Bertz CT molecular complexity index is 620. The molecule has 94 valence electrons. The Morgan fingerprint density at radius 2 is 1.72 bits per heavy atom. The lowest BCUT2D eigenvalue weighted by molar-refractivity contribution is 0.101. The molecule has 2 aromatic carbocycles. The number of benzene rings is 2. The average Bonchev–Trinajstić information content (AvgIpc) is 2.36. The van der Waals surface area contributed by atoms with Gasteiger partial charge in [0.2, 0.25) is 0 Å². The molecule has 0 amide bonds. The molecule has 0 saturated heterocycles. The van der Waals surface area contributed by atoms with Crippen LogP contribution in [0.15, 0.2) is 28.7 Å². The topological polar surface area (TPSA) is 35.5 Å². The van der Waals surface area contributed by atoms with Gasteiger partial charge in [0, 0.05) is 10.0 Å². The fraction of sp³-hybridized carbons (Fsp3) is 0.214. The summed E-state index contributed by atoms with van der Waals surface area (Å²) in [7, 11) is 3.17. The summed E-state index contributed by atoms with van der Waals surface area (Å²) in [5.74, 6) is 1.28. The SMILES string of the molecule is COc1cc2ccc(Br)c(C(C)=O)c2cc1OC. The maximum absolute atomic E-state index is 11.7. The fourth-order valence-corrected chi connectivity index (χ4v) is 2.61. The highest BCUT2D eigenvalue weighted by Gasteiger charge is 2.13. The monoisotopic (exact) mass is 308 g/mol. The van der Waals surface area contributed by atoms with E-state index < -0.39 is 0 Å². The molecule has 0 aliphatic carbocycles. The minimum atomic E-state index is 0.0136. The van der Waals surface area contributed by atoms with Gasteiger partial charge in [0.05, 0.1) is 14.2 Å². The van der Waals surface area contributed by atoms with E-state index in [-0.39, 0.29) is 5.78 Å². The highest BCUT2D eigenvalue weighted by molar-refractivity contribution is 9.10. The summed E-state index contributed by atoms with van der Waals surface area (Å²) in [5.41, 5.74) is 0.661. The minimum absolute atomic E-state index is 0.0136. The van der Waals surface area contributed by atoms with Gasteiger partial charge >= 0.3 is 0 Å². The minimum Gasteiger partial charge on any atom is -0.493 e. The zero-order chi connectivity index (χ0) is 13.3. The number of ketones is 1. The second-order valence-electron chi connectivity index (χ2n) is 3.91. The standard InChI is InChI=1S/C14H13BrO3/c1-8(16)14-10-7-13(18-3)12(17-2)6-9(10)4-5-11(14)15/h4-7H,1-3H3. The fourth-order valence-electron chi connectivity index (χ4n) is 1.98. The van der Waals surface area contributed by atoms with Gasteiger partial charge in [0.1, 0.15) is 0 Å². The summed E-state index contributed by atoms with van der Waals surface area (Å²) < 4.78 is 11.3. The third-order valence-electron chi connectivity index (χ3n) is 2.83. The smallest absolute Gasteiger partial charge is 0.161 e. The number of rotatable bonds is 3. The van der Waals surface area contributed by atoms with Gasteiger partial charge < -0.3 is 9.47 Å². The van der Waals surface area contributed by atoms with Gasteiger partial charge in [-0.25, -0.2) is 0 Å². The number of Topliss-reactive ketones (excluding diaryl/α,β-unsaturated/α-hetero) is 1. The van der Waals surface area contributed by atoms with Gasteiger partial charge in [-0.2, -0.15) is 0 Å². The van der Waals surface area contributed by atoms with E-state index in [4.69, 9.17) is 9.47 Å². The third kappa shape index (κ3) is 2.08. The molecule has 0 heterocycles. The van der Waals surface area contributed by atoms with Crippen LogP contribution < -0.4 is 9.47 Å². The van der Waals surface area contributed by atoms with Crippen LogP contribution in [0.5, 0.6) is 11.5 Å². The Labute approximate surface area is 114 Å². The van der Waals surface area contributed by atoms with Crippen molar-refractivity contribution in [3.63, 3.8) is 0 Å². The molecule has 0 atom stereocenters. The number of fused-ring (bicyclic) bond motifs is 1. The van der Waals surface area contributed by atoms with Crippen LogP contribution in [0.25, 0.3) is 10.8 Å². The van der Waals surface area contributed by atoms with Crippen LogP contribution in [-0.2, 0) is 0 Å². The first-order valence-corrected chi connectivity index (χ1v) is 6.23. The lowest BCUT2D eigenvalue weighted by Crippen LogP contribution is -1.97. The van der Waals surface area contributed by atoms with E-state index in [0.717, 1.165) is 15.2 Å². The Morgan fingerprint density at radius 1 is 1.11 bits per heavy atom. The molecule has 0 bridgehead atoms. The van der Waals surface area contributed by atoms with Crippen LogP contribution in [0.1, 0.15) is 17.3 Å².